The maximum atomic E-state index is 12.1. The lowest BCUT2D eigenvalue weighted by Crippen LogP contribution is -2.49. The second kappa shape index (κ2) is 6.30. The quantitative estimate of drug-likeness (QED) is 0.877. The van der Waals surface area contributed by atoms with Gasteiger partial charge in [0.2, 0.25) is 11.8 Å². The number of hydrogen-bond donors (Lipinski definition) is 1. The molecule has 0 bridgehead atoms. The van der Waals surface area contributed by atoms with Crippen LogP contribution in [0.2, 0.25) is 0 Å². The van der Waals surface area contributed by atoms with Crippen molar-refractivity contribution in [2.75, 3.05) is 27.2 Å². The van der Waals surface area contributed by atoms with E-state index in [9.17, 15) is 9.59 Å². The number of rotatable bonds is 4. The lowest BCUT2D eigenvalue weighted by atomic mass is 10.1. The number of fused-ring (bicyclic) bond motifs is 1. The van der Waals surface area contributed by atoms with E-state index in [1.165, 1.54) is 10.6 Å². The maximum absolute atomic E-state index is 12.1. The van der Waals surface area contributed by atoms with Crippen molar-refractivity contribution in [3.8, 4) is 0 Å². The molecule has 6 nitrogen and oxygen atoms in total. The van der Waals surface area contributed by atoms with Gasteiger partial charge < -0.3 is 14.8 Å². The zero-order valence-electron chi connectivity index (χ0n) is 13.2. The third kappa shape index (κ3) is 3.44. The predicted molar refractivity (Wildman–Crippen MR) is 80.7 cm³/mol. The largest absolute Gasteiger partial charge is 0.349 e. The Hall–Kier alpha value is -1.82. The molecule has 0 radical (unpaired) electrons. The van der Waals surface area contributed by atoms with E-state index in [2.05, 4.69) is 34.0 Å². The van der Waals surface area contributed by atoms with Gasteiger partial charge in [0.05, 0.1) is 6.54 Å². The third-order valence-electron chi connectivity index (χ3n) is 4.00. The lowest BCUT2D eigenvalue weighted by molar-refractivity contribution is -0.134. The second-order valence-corrected chi connectivity index (χ2v) is 5.79. The molecule has 116 valence electrons. The van der Waals surface area contributed by atoms with E-state index in [0.717, 1.165) is 13.1 Å². The molecule has 2 rings (SSSR count). The van der Waals surface area contributed by atoms with Crippen LogP contribution in [0.1, 0.15) is 25.6 Å². The first kappa shape index (κ1) is 15.6. The smallest absolute Gasteiger partial charge is 0.244 e. The maximum Gasteiger partial charge on any atom is 0.244 e. The standard InChI is InChI=1S/C15H24N4O2/c1-11(15(21)17(3)4)16-14(20)10-19-9-8-18-7-5-6-13(18)12(19)2/h5-7,11-12H,8-10H2,1-4H3,(H,16,20)/t11-,12-/m0/s1. The molecular weight excluding hydrogens is 268 g/mol. The number of hydrogen-bond acceptors (Lipinski definition) is 3. The molecule has 1 N–H and O–H groups in total. The molecule has 1 aliphatic heterocycles. The number of aromatic nitrogens is 1. The van der Waals surface area contributed by atoms with E-state index in [1.54, 1.807) is 21.0 Å². The number of nitrogens with zero attached hydrogens (tertiary/aromatic N) is 3. The van der Waals surface area contributed by atoms with Gasteiger partial charge in [-0.2, -0.15) is 0 Å². The average Bonchev–Trinajstić information content (AvgIpc) is 2.90. The van der Waals surface area contributed by atoms with Gasteiger partial charge in [0.1, 0.15) is 6.04 Å². The Morgan fingerprint density at radius 3 is 2.81 bits per heavy atom. The van der Waals surface area contributed by atoms with Gasteiger partial charge in [0.25, 0.3) is 0 Å². The monoisotopic (exact) mass is 292 g/mol. The highest BCUT2D eigenvalue weighted by atomic mass is 16.2. The van der Waals surface area contributed by atoms with Crippen LogP contribution in [0.15, 0.2) is 18.3 Å². The molecule has 1 aromatic rings. The van der Waals surface area contributed by atoms with Crippen LogP contribution in [-0.2, 0) is 16.1 Å². The van der Waals surface area contributed by atoms with Crippen molar-refractivity contribution >= 4 is 11.8 Å². The molecule has 2 amide bonds. The molecular formula is C15H24N4O2. The molecule has 1 aliphatic rings. The summed E-state index contributed by atoms with van der Waals surface area (Å²) in [7, 11) is 3.37. The van der Waals surface area contributed by atoms with Gasteiger partial charge in [-0.1, -0.05) is 0 Å². The third-order valence-corrected chi connectivity index (χ3v) is 4.00. The van der Waals surface area contributed by atoms with Crippen molar-refractivity contribution in [2.24, 2.45) is 0 Å². The van der Waals surface area contributed by atoms with Crippen LogP contribution >= 0.6 is 0 Å². The van der Waals surface area contributed by atoms with Crippen molar-refractivity contribution in [1.29, 1.82) is 0 Å². The van der Waals surface area contributed by atoms with Crippen molar-refractivity contribution in [1.82, 2.24) is 19.7 Å². The van der Waals surface area contributed by atoms with Crippen molar-refractivity contribution in [3.05, 3.63) is 24.0 Å². The van der Waals surface area contributed by atoms with E-state index < -0.39 is 6.04 Å². The summed E-state index contributed by atoms with van der Waals surface area (Å²) in [5.74, 6) is -0.200. The first-order chi connectivity index (χ1) is 9.90. The summed E-state index contributed by atoms with van der Waals surface area (Å²) in [6.45, 7) is 5.87. The number of amides is 2. The first-order valence-corrected chi connectivity index (χ1v) is 7.29. The predicted octanol–water partition coefficient (Wildman–Crippen LogP) is 0.458. The molecule has 0 spiro atoms. The molecule has 2 heterocycles. The zero-order chi connectivity index (χ0) is 15.6. The molecule has 0 fully saturated rings. The molecule has 0 unspecified atom stereocenters. The molecule has 0 saturated carbocycles. The summed E-state index contributed by atoms with van der Waals surface area (Å²) in [6.07, 6.45) is 2.07. The molecule has 1 aromatic heterocycles. The lowest BCUT2D eigenvalue weighted by Gasteiger charge is -2.34. The molecule has 0 aromatic carbocycles. The van der Waals surface area contributed by atoms with Crippen molar-refractivity contribution in [3.63, 3.8) is 0 Å². The number of carbonyl (C=O) groups is 2. The highest BCUT2D eigenvalue weighted by Crippen LogP contribution is 2.24. The van der Waals surface area contributed by atoms with Crippen LogP contribution in [0, 0.1) is 0 Å². The average molecular weight is 292 g/mol. The summed E-state index contributed by atoms with van der Waals surface area (Å²) in [4.78, 5) is 27.5. The summed E-state index contributed by atoms with van der Waals surface area (Å²) in [5, 5.41) is 2.77. The van der Waals surface area contributed by atoms with Crippen molar-refractivity contribution < 1.29 is 9.59 Å². The highest BCUT2D eigenvalue weighted by molar-refractivity contribution is 5.87. The van der Waals surface area contributed by atoms with Crippen LogP contribution in [0.25, 0.3) is 0 Å². The normalized spacial score (nSPS) is 19.7. The Kier molecular flexibility index (Phi) is 4.67. The van der Waals surface area contributed by atoms with E-state index in [1.807, 2.05) is 6.07 Å². The van der Waals surface area contributed by atoms with Crippen LogP contribution in [-0.4, -0.2) is 59.4 Å². The summed E-state index contributed by atoms with van der Waals surface area (Å²) in [6, 6.07) is 3.84. The van der Waals surface area contributed by atoms with E-state index in [0.29, 0.717) is 6.54 Å². The van der Waals surface area contributed by atoms with Gasteiger partial charge in [0, 0.05) is 45.1 Å². The van der Waals surface area contributed by atoms with E-state index in [4.69, 9.17) is 0 Å². The van der Waals surface area contributed by atoms with Gasteiger partial charge in [-0.25, -0.2) is 0 Å². The topological polar surface area (TPSA) is 57.6 Å². The van der Waals surface area contributed by atoms with Gasteiger partial charge in [-0.3, -0.25) is 14.5 Å². The number of likely N-dealkylation sites (N-methyl/N-ethyl adjacent to an activating group) is 1. The van der Waals surface area contributed by atoms with Crippen LogP contribution < -0.4 is 5.32 Å². The minimum absolute atomic E-state index is 0.0936. The Morgan fingerprint density at radius 1 is 1.43 bits per heavy atom. The summed E-state index contributed by atoms with van der Waals surface area (Å²) in [5.41, 5.74) is 1.23. The minimum Gasteiger partial charge on any atom is -0.349 e. The summed E-state index contributed by atoms with van der Waals surface area (Å²) >= 11 is 0. The Bertz CT molecular complexity index is 523. The Labute approximate surface area is 125 Å². The Morgan fingerprint density at radius 2 is 2.14 bits per heavy atom. The second-order valence-electron chi connectivity index (χ2n) is 5.79. The fraction of sp³-hybridized carbons (Fsp3) is 0.600. The Balaban J connectivity index is 1.91. The van der Waals surface area contributed by atoms with Crippen LogP contribution in [0.5, 0.6) is 0 Å². The minimum atomic E-state index is -0.489. The molecule has 0 saturated heterocycles. The fourth-order valence-electron chi connectivity index (χ4n) is 2.76. The van der Waals surface area contributed by atoms with Crippen LogP contribution in [0.4, 0.5) is 0 Å². The summed E-state index contributed by atoms with van der Waals surface area (Å²) < 4.78 is 2.22. The van der Waals surface area contributed by atoms with Gasteiger partial charge in [-0.15, -0.1) is 0 Å². The SMILES string of the molecule is C[C@H](NC(=O)CN1CCn2cccc2[C@@H]1C)C(=O)N(C)C. The first-order valence-electron chi connectivity index (χ1n) is 7.29. The molecule has 2 atom stereocenters. The molecule has 21 heavy (non-hydrogen) atoms. The van der Waals surface area contributed by atoms with E-state index in [-0.39, 0.29) is 17.9 Å². The van der Waals surface area contributed by atoms with Gasteiger partial charge >= 0.3 is 0 Å². The van der Waals surface area contributed by atoms with Gasteiger partial charge in [-0.05, 0) is 26.0 Å². The molecule has 0 aliphatic carbocycles. The van der Waals surface area contributed by atoms with E-state index >= 15 is 0 Å². The number of nitrogens with one attached hydrogen (secondary N) is 1. The zero-order valence-corrected chi connectivity index (χ0v) is 13.2. The van der Waals surface area contributed by atoms with Crippen molar-refractivity contribution in [2.45, 2.75) is 32.5 Å². The fourth-order valence-corrected chi connectivity index (χ4v) is 2.76. The highest BCUT2D eigenvalue weighted by Gasteiger charge is 2.26. The van der Waals surface area contributed by atoms with Crippen LogP contribution in [0.3, 0.4) is 0 Å². The number of carbonyl (C=O) groups excluding carboxylic acids is 2. The van der Waals surface area contributed by atoms with Gasteiger partial charge in [0.15, 0.2) is 0 Å². The molecule has 6 heteroatoms.